The number of hydrogen-bond acceptors (Lipinski definition) is 3. The highest BCUT2D eigenvalue weighted by atomic mass is 19.1. The molecule has 0 aliphatic carbocycles. The second-order valence-electron chi connectivity index (χ2n) is 5.24. The molecule has 0 spiro atoms. The van der Waals surface area contributed by atoms with Crippen LogP contribution in [0.15, 0.2) is 12.4 Å². The molecule has 2 rings (SSSR count). The Hall–Kier alpha value is -1.85. The average Bonchev–Trinajstić information content (AvgIpc) is 2.92. The molecule has 0 fully saturated rings. The van der Waals surface area contributed by atoms with Crippen LogP contribution >= 0.6 is 0 Å². The molecule has 0 radical (unpaired) electrons. The van der Waals surface area contributed by atoms with Crippen molar-refractivity contribution in [1.82, 2.24) is 19.6 Å². The van der Waals surface area contributed by atoms with Gasteiger partial charge in [0.2, 0.25) is 0 Å². The molecule has 6 heteroatoms. The Morgan fingerprint density at radius 2 is 2.00 bits per heavy atom. The summed E-state index contributed by atoms with van der Waals surface area (Å²) in [5, 5.41) is 11.9. The highest BCUT2D eigenvalue weighted by Gasteiger charge is 2.11. The van der Waals surface area contributed by atoms with Gasteiger partial charge in [0.1, 0.15) is 12.5 Å². The molecule has 0 unspecified atom stereocenters. The third kappa shape index (κ3) is 2.84. The van der Waals surface area contributed by atoms with Crippen molar-refractivity contribution in [3.8, 4) is 0 Å². The van der Waals surface area contributed by atoms with E-state index >= 15 is 0 Å². The van der Waals surface area contributed by atoms with E-state index in [-0.39, 0.29) is 6.54 Å². The first-order chi connectivity index (χ1) is 9.54. The lowest BCUT2D eigenvalue weighted by Gasteiger charge is -2.11. The topological polar surface area (TPSA) is 47.7 Å². The van der Waals surface area contributed by atoms with E-state index in [2.05, 4.69) is 36.3 Å². The average molecular weight is 279 g/mol. The van der Waals surface area contributed by atoms with Gasteiger partial charge < -0.3 is 5.32 Å². The van der Waals surface area contributed by atoms with E-state index in [0.717, 1.165) is 22.6 Å². The Labute approximate surface area is 118 Å². The Morgan fingerprint density at radius 3 is 2.60 bits per heavy atom. The standard InChI is InChI=1S/C14H22FN5/c1-10(2)20-12(4)13(9-18-20)8-16-14-11(3)7-17-19(14)6-5-15/h7,9-10,16H,5-6,8H2,1-4H3. The molecule has 0 aliphatic rings. The molecular formula is C14H22FN5. The number of aryl methyl sites for hydroxylation is 2. The van der Waals surface area contributed by atoms with E-state index in [0.29, 0.717) is 12.6 Å². The predicted molar refractivity (Wildman–Crippen MR) is 77.6 cm³/mol. The van der Waals surface area contributed by atoms with Gasteiger partial charge in [0.25, 0.3) is 0 Å². The molecular weight excluding hydrogens is 257 g/mol. The minimum Gasteiger partial charge on any atom is -0.366 e. The maximum absolute atomic E-state index is 12.5. The number of rotatable bonds is 6. The van der Waals surface area contributed by atoms with Gasteiger partial charge in [0.15, 0.2) is 0 Å². The Balaban J connectivity index is 2.11. The van der Waals surface area contributed by atoms with Gasteiger partial charge >= 0.3 is 0 Å². The highest BCUT2D eigenvalue weighted by Crippen LogP contribution is 2.17. The van der Waals surface area contributed by atoms with Crippen molar-refractivity contribution in [3.05, 3.63) is 29.2 Å². The van der Waals surface area contributed by atoms with E-state index in [1.54, 1.807) is 10.9 Å². The van der Waals surface area contributed by atoms with Crippen LogP contribution in [0.5, 0.6) is 0 Å². The molecule has 20 heavy (non-hydrogen) atoms. The minimum atomic E-state index is -0.417. The van der Waals surface area contributed by atoms with Gasteiger partial charge in [-0.05, 0) is 27.7 Å². The summed E-state index contributed by atoms with van der Waals surface area (Å²) >= 11 is 0. The van der Waals surface area contributed by atoms with Crippen LogP contribution in [0.25, 0.3) is 0 Å². The van der Waals surface area contributed by atoms with Crippen molar-refractivity contribution < 1.29 is 4.39 Å². The van der Waals surface area contributed by atoms with Crippen LogP contribution in [-0.4, -0.2) is 26.2 Å². The number of hydrogen-bond donors (Lipinski definition) is 1. The molecule has 1 N–H and O–H groups in total. The summed E-state index contributed by atoms with van der Waals surface area (Å²) in [5.74, 6) is 0.874. The van der Waals surface area contributed by atoms with Gasteiger partial charge in [0, 0.05) is 29.4 Å². The normalized spacial score (nSPS) is 11.3. The van der Waals surface area contributed by atoms with Crippen molar-refractivity contribution in [1.29, 1.82) is 0 Å². The summed E-state index contributed by atoms with van der Waals surface area (Å²) in [6.45, 7) is 8.78. The summed E-state index contributed by atoms with van der Waals surface area (Å²) in [6, 6.07) is 0.350. The number of nitrogens with zero attached hydrogens (tertiary/aromatic N) is 4. The lowest BCUT2D eigenvalue weighted by molar-refractivity contribution is 0.429. The van der Waals surface area contributed by atoms with E-state index in [1.165, 1.54) is 0 Å². The van der Waals surface area contributed by atoms with E-state index in [4.69, 9.17) is 0 Å². The molecule has 2 heterocycles. The third-order valence-corrected chi connectivity index (χ3v) is 3.40. The molecule has 0 aromatic carbocycles. The first-order valence-corrected chi connectivity index (χ1v) is 6.89. The number of aromatic nitrogens is 4. The zero-order chi connectivity index (χ0) is 14.7. The zero-order valence-corrected chi connectivity index (χ0v) is 12.5. The van der Waals surface area contributed by atoms with Crippen molar-refractivity contribution >= 4 is 5.82 Å². The van der Waals surface area contributed by atoms with Gasteiger partial charge in [0.05, 0.1) is 18.9 Å². The molecule has 0 amide bonds. The largest absolute Gasteiger partial charge is 0.366 e. The summed E-state index contributed by atoms with van der Waals surface area (Å²) in [6.07, 6.45) is 3.63. The Kier molecular flexibility index (Phi) is 4.42. The van der Waals surface area contributed by atoms with E-state index in [1.807, 2.05) is 17.8 Å². The molecule has 0 saturated carbocycles. The third-order valence-electron chi connectivity index (χ3n) is 3.40. The van der Waals surface area contributed by atoms with Crippen LogP contribution < -0.4 is 5.32 Å². The highest BCUT2D eigenvalue weighted by molar-refractivity contribution is 5.43. The predicted octanol–water partition coefficient (Wildman–Crippen LogP) is 2.86. The summed E-state index contributed by atoms with van der Waals surface area (Å²) in [7, 11) is 0. The zero-order valence-electron chi connectivity index (χ0n) is 12.5. The monoisotopic (exact) mass is 279 g/mol. The maximum Gasteiger partial charge on any atom is 0.127 e. The van der Waals surface area contributed by atoms with Crippen LogP contribution in [0.3, 0.4) is 0 Å². The lowest BCUT2D eigenvalue weighted by atomic mass is 10.2. The first kappa shape index (κ1) is 14.6. The van der Waals surface area contributed by atoms with Crippen LogP contribution in [0, 0.1) is 13.8 Å². The number of alkyl halides is 1. The van der Waals surface area contributed by atoms with Crippen molar-refractivity contribution in [2.45, 2.75) is 46.8 Å². The fourth-order valence-electron chi connectivity index (χ4n) is 2.29. The molecule has 0 aliphatic heterocycles. The fraction of sp³-hybridized carbons (Fsp3) is 0.571. The summed E-state index contributed by atoms with van der Waals surface area (Å²) < 4.78 is 16.2. The molecule has 110 valence electrons. The van der Waals surface area contributed by atoms with Gasteiger partial charge in [-0.25, -0.2) is 9.07 Å². The van der Waals surface area contributed by atoms with Crippen molar-refractivity contribution in [2.75, 3.05) is 12.0 Å². The van der Waals surface area contributed by atoms with Crippen LogP contribution in [-0.2, 0) is 13.1 Å². The molecule has 0 atom stereocenters. The van der Waals surface area contributed by atoms with Gasteiger partial charge in [-0.3, -0.25) is 4.68 Å². The SMILES string of the molecule is Cc1cnn(CCF)c1NCc1cnn(C(C)C)c1C. The molecule has 2 aromatic rings. The van der Waals surface area contributed by atoms with Crippen LogP contribution in [0.2, 0.25) is 0 Å². The second kappa shape index (κ2) is 6.07. The lowest BCUT2D eigenvalue weighted by Crippen LogP contribution is -2.11. The minimum absolute atomic E-state index is 0.278. The second-order valence-corrected chi connectivity index (χ2v) is 5.24. The smallest absolute Gasteiger partial charge is 0.127 e. The number of halogens is 1. The molecule has 0 bridgehead atoms. The quantitative estimate of drug-likeness (QED) is 0.884. The Bertz CT molecular complexity index is 570. The number of anilines is 1. The van der Waals surface area contributed by atoms with E-state index < -0.39 is 6.67 Å². The van der Waals surface area contributed by atoms with Crippen molar-refractivity contribution in [2.24, 2.45) is 0 Å². The van der Waals surface area contributed by atoms with Gasteiger partial charge in [-0.15, -0.1) is 0 Å². The molecule has 2 aromatic heterocycles. The summed E-state index contributed by atoms with van der Waals surface area (Å²) in [5.41, 5.74) is 3.32. The maximum atomic E-state index is 12.5. The Morgan fingerprint density at radius 1 is 1.25 bits per heavy atom. The first-order valence-electron chi connectivity index (χ1n) is 6.89. The summed E-state index contributed by atoms with van der Waals surface area (Å²) in [4.78, 5) is 0. The van der Waals surface area contributed by atoms with Gasteiger partial charge in [-0.2, -0.15) is 10.2 Å². The fourth-order valence-corrected chi connectivity index (χ4v) is 2.29. The van der Waals surface area contributed by atoms with Crippen LogP contribution in [0.1, 0.15) is 36.7 Å². The molecule has 5 nitrogen and oxygen atoms in total. The van der Waals surface area contributed by atoms with Crippen molar-refractivity contribution in [3.63, 3.8) is 0 Å². The van der Waals surface area contributed by atoms with Gasteiger partial charge in [-0.1, -0.05) is 0 Å². The molecule has 0 saturated heterocycles. The number of nitrogens with one attached hydrogen (secondary N) is 1. The van der Waals surface area contributed by atoms with Crippen LogP contribution in [0.4, 0.5) is 10.2 Å². The van der Waals surface area contributed by atoms with E-state index in [9.17, 15) is 4.39 Å².